The van der Waals surface area contributed by atoms with Gasteiger partial charge in [0.1, 0.15) is 12.4 Å². The molecule has 0 radical (unpaired) electrons. The van der Waals surface area contributed by atoms with Crippen molar-refractivity contribution in [3.05, 3.63) is 112 Å². The van der Waals surface area contributed by atoms with E-state index in [9.17, 15) is 14.4 Å². The van der Waals surface area contributed by atoms with E-state index >= 15 is 0 Å². The first-order chi connectivity index (χ1) is 17.5. The number of carbonyl (C=O) groups is 2. The SMILES string of the molecule is COC(=O)c1ccc2c(=O)[nH]c(COC(=O)c3cc(-c4ccccc4)nn3-c3ccccc3)nc2c1. The molecule has 2 heterocycles. The van der Waals surface area contributed by atoms with Crippen LogP contribution in [0.3, 0.4) is 0 Å². The highest BCUT2D eigenvalue weighted by Crippen LogP contribution is 2.22. The predicted molar refractivity (Wildman–Crippen MR) is 132 cm³/mol. The monoisotopic (exact) mass is 480 g/mol. The number of nitrogens with zero attached hydrogens (tertiary/aromatic N) is 3. The van der Waals surface area contributed by atoms with Crippen LogP contribution in [-0.2, 0) is 16.1 Å². The summed E-state index contributed by atoms with van der Waals surface area (Å²) in [6.45, 7) is -0.285. The average molecular weight is 480 g/mol. The molecular weight excluding hydrogens is 460 g/mol. The second-order valence-electron chi connectivity index (χ2n) is 7.84. The Morgan fingerprint density at radius 3 is 2.36 bits per heavy atom. The topological polar surface area (TPSA) is 116 Å². The Morgan fingerprint density at radius 2 is 1.64 bits per heavy atom. The Morgan fingerprint density at radius 1 is 0.917 bits per heavy atom. The first kappa shape index (κ1) is 22.7. The smallest absolute Gasteiger partial charge is 0.357 e. The van der Waals surface area contributed by atoms with Gasteiger partial charge in [-0.25, -0.2) is 19.3 Å². The number of ether oxygens (including phenoxy) is 2. The summed E-state index contributed by atoms with van der Waals surface area (Å²) < 4.78 is 11.7. The van der Waals surface area contributed by atoms with Crippen molar-refractivity contribution in [3.8, 4) is 16.9 Å². The van der Waals surface area contributed by atoms with Gasteiger partial charge in [0.25, 0.3) is 5.56 Å². The molecule has 0 aliphatic heterocycles. The van der Waals surface area contributed by atoms with Crippen LogP contribution in [0.25, 0.3) is 27.8 Å². The Hall–Kier alpha value is -5.05. The van der Waals surface area contributed by atoms with Crippen molar-refractivity contribution in [1.82, 2.24) is 19.7 Å². The highest BCUT2D eigenvalue weighted by atomic mass is 16.5. The molecule has 0 aliphatic rings. The van der Waals surface area contributed by atoms with Crippen molar-refractivity contribution in [1.29, 1.82) is 0 Å². The van der Waals surface area contributed by atoms with Crippen LogP contribution >= 0.6 is 0 Å². The maximum atomic E-state index is 13.1. The van der Waals surface area contributed by atoms with Crippen LogP contribution in [0.1, 0.15) is 26.7 Å². The number of nitrogens with one attached hydrogen (secondary N) is 1. The minimum Gasteiger partial charge on any atom is -0.465 e. The lowest BCUT2D eigenvalue weighted by Gasteiger charge is -2.08. The number of rotatable bonds is 6. The molecule has 3 aromatic carbocycles. The number of para-hydroxylation sites is 1. The van der Waals surface area contributed by atoms with E-state index in [0.717, 1.165) is 5.56 Å². The number of fused-ring (bicyclic) bond motifs is 1. The van der Waals surface area contributed by atoms with Crippen LogP contribution in [0.4, 0.5) is 0 Å². The van der Waals surface area contributed by atoms with E-state index in [-0.39, 0.29) is 29.2 Å². The lowest BCUT2D eigenvalue weighted by Crippen LogP contribution is -2.16. The molecule has 0 saturated carbocycles. The number of carbonyl (C=O) groups excluding carboxylic acids is 2. The summed E-state index contributed by atoms with van der Waals surface area (Å²) in [7, 11) is 1.27. The fourth-order valence-electron chi connectivity index (χ4n) is 3.75. The Bertz CT molecular complexity index is 1630. The molecule has 0 unspecified atom stereocenters. The number of esters is 2. The average Bonchev–Trinajstić information content (AvgIpc) is 3.38. The quantitative estimate of drug-likeness (QED) is 0.366. The van der Waals surface area contributed by atoms with Gasteiger partial charge in [0.2, 0.25) is 0 Å². The second-order valence-corrected chi connectivity index (χ2v) is 7.84. The lowest BCUT2D eigenvalue weighted by molar-refractivity contribution is 0.0451. The minimum absolute atomic E-state index is 0.136. The summed E-state index contributed by atoms with van der Waals surface area (Å²) in [5.41, 5.74) is 2.50. The third-order valence-electron chi connectivity index (χ3n) is 5.51. The lowest BCUT2D eigenvalue weighted by atomic mass is 10.1. The molecule has 2 aromatic heterocycles. The summed E-state index contributed by atoms with van der Waals surface area (Å²) in [5, 5.41) is 4.91. The van der Waals surface area contributed by atoms with Gasteiger partial charge in [0.05, 0.1) is 35.0 Å². The van der Waals surface area contributed by atoms with Crippen LogP contribution in [0.5, 0.6) is 0 Å². The Labute approximate surface area is 205 Å². The van der Waals surface area contributed by atoms with Crippen LogP contribution < -0.4 is 5.56 Å². The fraction of sp³-hybridized carbons (Fsp3) is 0.0741. The molecular formula is C27H20N4O5. The van der Waals surface area contributed by atoms with Gasteiger partial charge >= 0.3 is 11.9 Å². The summed E-state index contributed by atoms with van der Waals surface area (Å²) >= 11 is 0. The summed E-state index contributed by atoms with van der Waals surface area (Å²) in [4.78, 5) is 44.4. The van der Waals surface area contributed by atoms with E-state index in [1.165, 1.54) is 30.0 Å². The Kier molecular flexibility index (Phi) is 6.10. The maximum Gasteiger partial charge on any atom is 0.357 e. The van der Waals surface area contributed by atoms with Gasteiger partial charge in [0.15, 0.2) is 5.69 Å². The molecule has 9 nitrogen and oxygen atoms in total. The zero-order valence-electron chi connectivity index (χ0n) is 19.2. The zero-order chi connectivity index (χ0) is 25.1. The van der Waals surface area contributed by atoms with Crippen molar-refractivity contribution < 1.29 is 19.1 Å². The molecule has 0 bridgehead atoms. The van der Waals surface area contributed by atoms with Gasteiger partial charge in [-0.05, 0) is 36.4 Å². The van der Waals surface area contributed by atoms with E-state index in [2.05, 4.69) is 15.1 Å². The number of hydrogen-bond acceptors (Lipinski definition) is 7. The molecule has 0 amide bonds. The molecule has 0 spiro atoms. The largest absolute Gasteiger partial charge is 0.465 e. The van der Waals surface area contributed by atoms with Crippen LogP contribution in [0, 0.1) is 0 Å². The zero-order valence-corrected chi connectivity index (χ0v) is 19.2. The predicted octanol–water partition coefficient (Wildman–Crippen LogP) is 3.92. The van der Waals surface area contributed by atoms with Gasteiger partial charge in [-0.15, -0.1) is 0 Å². The molecule has 5 rings (SSSR count). The van der Waals surface area contributed by atoms with E-state index in [1.54, 1.807) is 6.07 Å². The number of hydrogen-bond donors (Lipinski definition) is 1. The number of aromatic nitrogens is 4. The summed E-state index contributed by atoms with van der Waals surface area (Å²) in [6, 6.07) is 24.8. The van der Waals surface area contributed by atoms with Crippen molar-refractivity contribution in [2.75, 3.05) is 7.11 Å². The van der Waals surface area contributed by atoms with Crippen LogP contribution in [0.15, 0.2) is 89.7 Å². The first-order valence-corrected chi connectivity index (χ1v) is 11.0. The van der Waals surface area contributed by atoms with E-state index in [4.69, 9.17) is 9.47 Å². The highest BCUT2D eigenvalue weighted by molar-refractivity contribution is 5.94. The molecule has 9 heteroatoms. The van der Waals surface area contributed by atoms with Crippen molar-refractivity contribution in [3.63, 3.8) is 0 Å². The molecule has 0 atom stereocenters. The number of benzene rings is 3. The second kappa shape index (κ2) is 9.67. The standard InChI is InChI=1S/C27H20N4O5/c1-35-26(33)18-12-13-20-22(14-18)28-24(29-25(20)32)16-36-27(34)23-15-21(17-8-4-2-5-9-17)30-31(23)19-10-6-3-7-11-19/h2-15H,16H2,1H3,(H,28,29,32). The van der Waals surface area contributed by atoms with Crippen LogP contribution in [-0.4, -0.2) is 38.8 Å². The maximum absolute atomic E-state index is 13.1. The first-order valence-electron chi connectivity index (χ1n) is 11.0. The molecule has 5 aromatic rings. The molecule has 0 fully saturated rings. The molecule has 178 valence electrons. The summed E-state index contributed by atoms with van der Waals surface area (Å²) in [6.07, 6.45) is 0. The van der Waals surface area contributed by atoms with E-state index < -0.39 is 17.5 Å². The van der Waals surface area contributed by atoms with Gasteiger partial charge in [0, 0.05) is 5.56 Å². The molecule has 1 N–H and O–H groups in total. The van der Waals surface area contributed by atoms with E-state index in [1.807, 2.05) is 60.7 Å². The van der Waals surface area contributed by atoms with E-state index in [0.29, 0.717) is 16.8 Å². The fourth-order valence-corrected chi connectivity index (χ4v) is 3.75. The van der Waals surface area contributed by atoms with Crippen molar-refractivity contribution in [2.45, 2.75) is 6.61 Å². The van der Waals surface area contributed by atoms with Gasteiger partial charge in [-0.1, -0.05) is 48.5 Å². The van der Waals surface area contributed by atoms with Gasteiger partial charge in [-0.2, -0.15) is 5.10 Å². The third-order valence-corrected chi connectivity index (χ3v) is 5.51. The molecule has 0 saturated heterocycles. The number of aromatic amines is 1. The normalized spacial score (nSPS) is 10.8. The van der Waals surface area contributed by atoms with Crippen molar-refractivity contribution >= 4 is 22.8 Å². The summed E-state index contributed by atoms with van der Waals surface area (Å²) in [5.74, 6) is -1.05. The molecule has 36 heavy (non-hydrogen) atoms. The van der Waals surface area contributed by atoms with Gasteiger partial charge < -0.3 is 14.5 Å². The number of methoxy groups -OCH3 is 1. The third kappa shape index (κ3) is 4.49. The minimum atomic E-state index is -0.639. The molecule has 0 aliphatic carbocycles. The Balaban J connectivity index is 1.45. The van der Waals surface area contributed by atoms with Crippen LogP contribution in [0.2, 0.25) is 0 Å². The number of H-pyrrole nitrogens is 1. The highest BCUT2D eigenvalue weighted by Gasteiger charge is 2.20. The van der Waals surface area contributed by atoms with Crippen molar-refractivity contribution in [2.24, 2.45) is 0 Å². The van der Waals surface area contributed by atoms with Gasteiger partial charge in [-0.3, -0.25) is 4.79 Å².